The predicted octanol–water partition coefficient (Wildman–Crippen LogP) is 2.27. The molecule has 1 aromatic rings. The summed E-state index contributed by atoms with van der Waals surface area (Å²) in [5, 5.41) is 0.647. The van der Waals surface area contributed by atoms with E-state index in [1.165, 1.54) is 6.26 Å². The average molecular weight is 403 g/mol. The molecule has 0 radical (unpaired) electrons. The molecular formula is C11H16ClIN2O2S. The second-order valence-electron chi connectivity index (χ2n) is 4.16. The van der Waals surface area contributed by atoms with E-state index in [0.29, 0.717) is 17.9 Å². The van der Waals surface area contributed by atoms with Gasteiger partial charge in [-0.3, -0.25) is 11.3 Å². The molecule has 0 aliphatic carbocycles. The number of benzene rings is 1. The molecule has 0 aliphatic heterocycles. The number of rotatable bonds is 6. The smallest absolute Gasteiger partial charge is 0.147 e. The highest BCUT2D eigenvalue weighted by Crippen LogP contribution is 2.26. The zero-order valence-electron chi connectivity index (χ0n) is 9.99. The monoisotopic (exact) mass is 402 g/mol. The van der Waals surface area contributed by atoms with Crippen molar-refractivity contribution < 1.29 is 8.42 Å². The second-order valence-corrected chi connectivity index (χ2v) is 8.02. The van der Waals surface area contributed by atoms with Gasteiger partial charge in [-0.2, -0.15) is 0 Å². The molecule has 102 valence electrons. The molecule has 0 aromatic heterocycles. The van der Waals surface area contributed by atoms with Crippen LogP contribution in [0.2, 0.25) is 5.02 Å². The SMILES string of the molecule is CS(=O)(=O)CCCC(NN)c1cc(Cl)ccc1I. The predicted molar refractivity (Wildman–Crippen MR) is 83.2 cm³/mol. The third-order valence-electron chi connectivity index (χ3n) is 2.54. The molecule has 1 aromatic carbocycles. The number of hydrazine groups is 1. The van der Waals surface area contributed by atoms with Gasteiger partial charge >= 0.3 is 0 Å². The molecule has 0 bridgehead atoms. The third kappa shape index (κ3) is 5.40. The fourth-order valence-corrected chi connectivity index (χ4v) is 3.24. The number of halogens is 2. The summed E-state index contributed by atoms with van der Waals surface area (Å²) in [4.78, 5) is 0. The van der Waals surface area contributed by atoms with Gasteiger partial charge in [-0.15, -0.1) is 0 Å². The zero-order valence-corrected chi connectivity index (χ0v) is 13.7. The first-order valence-corrected chi connectivity index (χ1v) is 8.94. The first-order valence-electron chi connectivity index (χ1n) is 5.42. The van der Waals surface area contributed by atoms with E-state index < -0.39 is 9.84 Å². The van der Waals surface area contributed by atoms with Gasteiger partial charge < -0.3 is 0 Å². The van der Waals surface area contributed by atoms with E-state index in [9.17, 15) is 8.42 Å². The zero-order chi connectivity index (χ0) is 13.8. The fourth-order valence-electron chi connectivity index (χ4n) is 1.66. The molecule has 0 spiro atoms. The highest BCUT2D eigenvalue weighted by molar-refractivity contribution is 14.1. The van der Waals surface area contributed by atoms with Crippen LogP contribution < -0.4 is 11.3 Å². The van der Waals surface area contributed by atoms with Gasteiger partial charge in [0.2, 0.25) is 0 Å². The van der Waals surface area contributed by atoms with Crippen LogP contribution in [0.25, 0.3) is 0 Å². The van der Waals surface area contributed by atoms with Crippen LogP contribution >= 0.6 is 34.2 Å². The van der Waals surface area contributed by atoms with E-state index in [0.717, 1.165) is 9.13 Å². The summed E-state index contributed by atoms with van der Waals surface area (Å²) in [6.45, 7) is 0. The molecule has 0 saturated carbocycles. The van der Waals surface area contributed by atoms with Crippen LogP contribution in [-0.4, -0.2) is 20.4 Å². The van der Waals surface area contributed by atoms with Gasteiger partial charge in [0.1, 0.15) is 9.84 Å². The van der Waals surface area contributed by atoms with Crippen molar-refractivity contribution in [2.24, 2.45) is 5.84 Å². The summed E-state index contributed by atoms with van der Waals surface area (Å²) < 4.78 is 23.2. The van der Waals surface area contributed by atoms with Crippen LogP contribution in [0.4, 0.5) is 0 Å². The molecule has 0 heterocycles. The summed E-state index contributed by atoms with van der Waals surface area (Å²) in [5.74, 6) is 5.70. The molecule has 4 nitrogen and oxygen atoms in total. The van der Waals surface area contributed by atoms with Gasteiger partial charge in [-0.25, -0.2) is 8.42 Å². The standard InChI is InChI=1S/C11H16ClIN2O2S/c1-18(16,17)6-2-3-11(15-14)9-7-8(12)4-5-10(9)13/h4-5,7,11,15H,2-3,6,14H2,1H3. The van der Waals surface area contributed by atoms with E-state index in [4.69, 9.17) is 17.4 Å². The normalized spacial score (nSPS) is 13.6. The average Bonchev–Trinajstić information content (AvgIpc) is 2.27. The van der Waals surface area contributed by atoms with Crippen molar-refractivity contribution in [2.75, 3.05) is 12.0 Å². The summed E-state index contributed by atoms with van der Waals surface area (Å²) in [7, 11) is -2.93. The third-order valence-corrected chi connectivity index (χ3v) is 4.79. The quantitative estimate of drug-likeness (QED) is 0.435. The summed E-state index contributed by atoms with van der Waals surface area (Å²) >= 11 is 8.17. The van der Waals surface area contributed by atoms with Crippen LogP contribution in [0.5, 0.6) is 0 Å². The van der Waals surface area contributed by atoms with Gasteiger partial charge in [0.15, 0.2) is 0 Å². The molecule has 0 saturated heterocycles. The molecule has 0 aliphatic rings. The molecule has 7 heteroatoms. The molecule has 1 atom stereocenters. The number of nitrogens with one attached hydrogen (secondary N) is 1. The highest BCUT2D eigenvalue weighted by Gasteiger charge is 2.14. The fraction of sp³-hybridized carbons (Fsp3) is 0.455. The maximum atomic E-state index is 11.1. The van der Waals surface area contributed by atoms with Crippen LogP contribution in [0.3, 0.4) is 0 Å². The van der Waals surface area contributed by atoms with Gasteiger partial charge in [0, 0.05) is 26.6 Å². The Morgan fingerprint density at radius 1 is 1.50 bits per heavy atom. The second kappa shape index (κ2) is 7.04. The van der Waals surface area contributed by atoms with Crippen molar-refractivity contribution in [1.29, 1.82) is 0 Å². The summed E-state index contributed by atoms with van der Waals surface area (Å²) in [6.07, 6.45) is 2.46. The Kier molecular flexibility index (Phi) is 6.32. The van der Waals surface area contributed by atoms with E-state index in [-0.39, 0.29) is 11.8 Å². The summed E-state index contributed by atoms with van der Waals surface area (Å²) in [6, 6.07) is 5.50. The summed E-state index contributed by atoms with van der Waals surface area (Å²) in [5.41, 5.74) is 3.71. The number of sulfone groups is 1. The van der Waals surface area contributed by atoms with E-state index in [1.54, 1.807) is 0 Å². The molecule has 1 rings (SSSR count). The highest BCUT2D eigenvalue weighted by atomic mass is 127. The minimum atomic E-state index is -2.93. The topological polar surface area (TPSA) is 72.2 Å². The van der Waals surface area contributed by atoms with E-state index in [2.05, 4.69) is 28.0 Å². The lowest BCUT2D eigenvalue weighted by Crippen LogP contribution is -2.29. The van der Waals surface area contributed by atoms with Crippen molar-refractivity contribution in [2.45, 2.75) is 18.9 Å². The van der Waals surface area contributed by atoms with Crippen molar-refractivity contribution in [1.82, 2.24) is 5.43 Å². The number of hydrogen-bond acceptors (Lipinski definition) is 4. The number of hydrogen-bond donors (Lipinski definition) is 2. The minimum Gasteiger partial charge on any atom is -0.271 e. The van der Waals surface area contributed by atoms with Crippen molar-refractivity contribution >= 4 is 44.0 Å². The molecule has 3 N–H and O–H groups in total. The maximum absolute atomic E-state index is 11.1. The first kappa shape index (κ1) is 16.2. The molecule has 0 amide bonds. The Hall–Kier alpha value is 0.110. The maximum Gasteiger partial charge on any atom is 0.147 e. The Labute approximate surface area is 126 Å². The minimum absolute atomic E-state index is 0.0858. The lowest BCUT2D eigenvalue weighted by Gasteiger charge is -2.18. The van der Waals surface area contributed by atoms with Crippen molar-refractivity contribution in [3.05, 3.63) is 32.4 Å². The van der Waals surface area contributed by atoms with Gasteiger partial charge in [-0.05, 0) is 59.2 Å². The van der Waals surface area contributed by atoms with Crippen LogP contribution in [0, 0.1) is 3.57 Å². The molecular weight excluding hydrogens is 387 g/mol. The van der Waals surface area contributed by atoms with Gasteiger partial charge in [-0.1, -0.05) is 11.6 Å². The molecule has 1 unspecified atom stereocenters. The largest absolute Gasteiger partial charge is 0.271 e. The Morgan fingerprint density at radius 3 is 2.72 bits per heavy atom. The number of nitrogens with two attached hydrogens (primary N) is 1. The molecule has 0 fully saturated rings. The lowest BCUT2D eigenvalue weighted by molar-refractivity contribution is 0.506. The van der Waals surface area contributed by atoms with Crippen LogP contribution in [-0.2, 0) is 9.84 Å². The Balaban J connectivity index is 2.74. The van der Waals surface area contributed by atoms with Gasteiger partial charge in [0.25, 0.3) is 0 Å². The Morgan fingerprint density at radius 2 is 2.17 bits per heavy atom. The first-order chi connectivity index (χ1) is 8.33. The van der Waals surface area contributed by atoms with Crippen LogP contribution in [0.1, 0.15) is 24.4 Å². The van der Waals surface area contributed by atoms with Crippen molar-refractivity contribution in [3.63, 3.8) is 0 Å². The Bertz CT molecular complexity index is 508. The van der Waals surface area contributed by atoms with Crippen LogP contribution in [0.15, 0.2) is 18.2 Å². The molecule has 18 heavy (non-hydrogen) atoms. The van der Waals surface area contributed by atoms with Crippen molar-refractivity contribution in [3.8, 4) is 0 Å². The van der Waals surface area contributed by atoms with Gasteiger partial charge in [0.05, 0.1) is 0 Å². The van der Waals surface area contributed by atoms with E-state index >= 15 is 0 Å². The van der Waals surface area contributed by atoms with E-state index in [1.807, 2.05) is 18.2 Å². The lowest BCUT2D eigenvalue weighted by atomic mass is 10.0.